The van der Waals surface area contributed by atoms with Gasteiger partial charge in [-0.1, -0.05) is 18.7 Å². The zero-order chi connectivity index (χ0) is 17.2. The number of hydrogen-bond acceptors (Lipinski definition) is 5. The lowest BCUT2D eigenvalue weighted by Crippen LogP contribution is -2.14. The molecule has 5 nitrogen and oxygen atoms in total. The third-order valence-electron chi connectivity index (χ3n) is 2.84. The SMILES string of the molecule is C=C(C)C(=O)OCCOC(=O)CCc1ccc(OC(C)C)cc1. The number of aryl methyl sites for hydroxylation is 1. The van der Waals surface area contributed by atoms with E-state index in [1.807, 2.05) is 38.1 Å². The Hall–Kier alpha value is -2.30. The van der Waals surface area contributed by atoms with Gasteiger partial charge in [-0.25, -0.2) is 4.79 Å². The monoisotopic (exact) mass is 320 g/mol. The summed E-state index contributed by atoms with van der Waals surface area (Å²) in [6, 6.07) is 7.63. The molecule has 126 valence electrons. The highest BCUT2D eigenvalue weighted by molar-refractivity contribution is 5.86. The molecule has 0 amide bonds. The molecule has 0 atom stereocenters. The van der Waals surface area contributed by atoms with Crippen LogP contribution in [0.3, 0.4) is 0 Å². The van der Waals surface area contributed by atoms with E-state index in [0.717, 1.165) is 11.3 Å². The Morgan fingerprint density at radius 1 is 1.09 bits per heavy atom. The maximum absolute atomic E-state index is 11.6. The molecule has 23 heavy (non-hydrogen) atoms. The molecule has 0 saturated heterocycles. The number of ether oxygens (including phenoxy) is 3. The number of benzene rings is 1. The van der Waals surface area contributed by atoms with Crippen molar-refractivity contribution in [1.29, 1.82) is 0 Å². The molecule has 0 radical (unpaired) electrons. The van der Waals surface area contributed by atoms with E-state index in [1.165, 1.54) is 0 Å². The third-order valence-corrected chi connectivity index (χ3v) is 2.84. The molecule has 1 rings (SSSR count). The predicted molar refractivity (Wildman–Crippen MR) is 87.3 cm³/mol. The van der Waals surface area contributed by atoms with Crippen molar-refractivity contribution in [3.63, 3.8) is 0 Å². The smallest absolute Gasteiger partial charge is 0.333 e. The summed E-state index contributed by atoms with van der Waals surface area (Å²) in [4.78, 5) is 22.7. The van der Waals surface area contributed by atoms with Gasteiger partial charge in [0.15, 0.2) is 0 Å². The van der Waals surface area contributed by atoms with E-state index in [-0.39, 0.29) is 31.7 Å². The molecule has 0 aromatic heterocycles. The fourth-order valence-corrected chi connectivity index (χ4v) is 1.74. The Morgan fingerprint density at radius 3 is 2.26 bits per heavy atom. The minimum atomic E-state index is -0.482. The summed E-state index contributed by atoms with van der Waals surface area (Å²) < 4.78 is 15.4. The van der Waals surface area contributed by atoms with Crippen molar-refractivity contribution < 1.29 is 23.8 Å². The van der Waals surface area contributed by atoms with Gasteiger partial charge in [-0.3, -0.25) is 4.79 Å². The molecule has 0 aliphatic heterocycles. The first-order chi connectivity index (χ1) is 10.9. The summed E-state index contributed by atoms with van der Waals surface area (Å²) in [5.41, 5.74) is 1.35. The van der Waals surface area contributed by atoms with Gasteiger partial charge >= 0.3 is 11.9 Å². The third kappa shape index (κ3) is 8.04. The predicted octanol–water partition coefficient (Wildman–Crippen LogP) is 3.07. The Labute approximate surface area is 137 Å². The molecule has 0 aliphatic rings. The number of esters is 2. The van der Waals surface area contributed by atoms with Crippen molar-refractivity contribution in [3.8, 4) is 5.75 Å². The molecular weight excluding hydrogens is 296 g/mol. The Bertz CT molecular complexity index is 531. The van der Waals surface area contributed by atoms with Gasteiger partial charge in [0.2, 0.25) is 0 Å². The molecule has 1 aromatic rings. The van der Waals surface area contributed by atoms with E-state index in [0.29, 0.717) is 12.0 Å². The lowest BCUT2D eigenvalue weighted by molar-refractivity contribution is -0.150. The summed E-state index contributed by atoms with van der Waals surface area (Å²) in [6.07, 6.45) is 1.00. The summed E-state index contributed by atoms with van der Waals surface area (Å²) >= 11 is 0. The number of hydrogen-bond donors (Lipinski definition) is 0. The van der Waals surface area contributed by atoms with Crippen LogP contribution >= 0.6 is 0 Å². The van der Waals surface area contributed by atoms with Gasteiger partial charge in [0.05, 0.1) is 6.10 Å². The van der Waals surface area contributed by atoms with Crippen LogP contribution in [0, 0.1) is 0 Å². The van der Waals surface area contributed by atoms with Crippen LogP contribution in [0.15, 0.2) is 36.4 Å². The summed E-state index contributed by atoms with van der Waals surface area (Å²) in [5.74, 6) is 0.00860. The number of rotatable bonds is 9. The summed E-state index contributed by atoms with van der Waals surface area (Å²) in [5, 5.41) is 0. The summed E-state index contributed by atoms with van der Waals surface area (Å²) in [6.45, 7) is 9.06. The maximum atomic E-state index is 11.6. The van der Waals surface area contributed by atoms with Crippen LogP contribution < -0.4 is 4.74 Å². The van der Waals surface area contributed by atoms with E-state index in [4.69, 9.17) is 14.2 Å². The van der Waals surface area contributed by atoms with Gasteiger partial charge < -0.3 is 14.2 Å². The zero-order valence-corrected chi connectivity index (χ0v) is 14.0. The molecule has 0 heterocycles. The molecule has 0 bridgehead atoms. The second-order valence-corrected chi connectivity index (χ2v) is 5.45. The first kappa shape index (κ1) is 18.7. The van der Waals surface area contributed by atoms with Crippen molar-refractivity contribution in [1.82, 2.24) is 0 Å². The molecule has 1 aromatic carbocycles. The Kier molecular flexibility index (Phi) is 7.88. The highest BCUT2D eigenvalue weighted by atomic mass is 16.6. The van der Waals surface area contributed by atoms with Gasteiger partial charge in [0, 0.05) is 12.0 Å². The van der Waals surface area contributed by atoms with E-state index in [2.05, 4.69) is 6.58 Å². The van der Waals surface area contributed by atoms with Gasteiger partial charge in [-0.2, -0.15) is 0 Å². The van der Waals surface area contributed by atoms with Crippen molar-refractivity contribution >= 4 is 11.9 Å². The minimum Gasteiger partial charge on any atom is -0.491 e. The van der Waals surface area contributed by atoms with Gasteiger partial charge in [-0.05, 0) is 44.9 Å². The quantitative estimate of drug-likeness (QED) is 0.397. The molecule has 0 unspecified atom stereocenters. The Morgan fingerprint density at radius 2 is 1.70 bits per heavy atom. The van der Waals surface area contributed by atoms with Crippen LogP contribution in [0.4, 0.5) is 0 Å². The number of carbonyl (C=O) groups excluding carboxylic acids is 2. The average Bonchev–Trinajstić information content (AvgIpc) is 2.50. The molecule has 0 spiro atoms. The topological polar surface area (TPSA) is 61.8 Å². The van der Waals surface area contributed by atoms with Gasteiger partial charge in [0.1, 0.15) is 19.0 Å². The highest BCUT2D eigenvalue weighted by Gasteiger charge is 2.06. The first-order valence-corrected chi connectivity index (χ1v) is 7.62. The maximum Gasteiger partial charge on any atom is 0.333 e. The van der Waals surface area contributed by atoms with Crippen LogP contribution in [0.5, 0.6) is 5.75 Å². The normalized spacial score (nSPS) is 10.3. The fourth-order valence-electron chi connectivity index (χ4n) is 1.74. The molecule has 0 N–H and O–H groups in total. The van der Waals surface area contributed by atoms with Crippen LogP contribution in [-0.2, 0) is 25.5 Å². The van der Waals surface area contributed by atoms with E-state index >= 15 is 0 Å². The second kappa shape index (κ2) is 9.66. The van der Waals surface area contributed by atoms with Crippen LogP contribution in [0.2, 0.25) is 0 Å². The first-order valence-electron chi connectivity index (χ1n) is 7.62. The van der Waals surface area contributed by atoms with E-state index in [9.17, 15) is 9.59 Å². The van der Waals surface area contributed by atoms with Crippen LogP contribution in [0.25, 0.3) is 0 Å². The molecule has 0 saturated carbocycles. The molecule has 0 aliphatic carbocycles. The summed E-state index contributed by atoms with van der Waals surface area (Å²) in [7, 11) is 0. The molecule has 0 fully saturated rings. The van der Waals surface area contributed by atoms with E-state index in [1.54, 1.807) is 6.92 Å². The zero-order valence-electron chi connectivity index (χ0n) is 14.0. The molecule has 5 heteroatoms. The van der Waals surface area contributed by atoms with Crippen molar-refractivity contribution in [2.75, 3.05) is 13.2 Å². The van der Waals surface area contributed by atoms with Crippen LogP contribution in [0.1, 0.15) is 32.8 Å². The Balaban J connectivity index is 2.23. The largest absolute Gasteiger partial charge is 0.491 e. The minimum absolute atomic E-state index is 0.0403. The fraction of sp³-hybridized carbons (Fsp3) is 0.444. The van der Waals surface area contributed by atoms with Crippen LogP contribution in [-0.4, -0.2) is 31.3 Å². The van der Waals surface area contributed by atoms with Crippen molar-refractivity contribution in [2.45, 2.75) is 39.7 Å². The standard InChI is InChI=1S/C18H24O5/c1-13(2)18(20)22-12-11-21-17(19)10-7-15-5-8-16(9-6-15)23-14(3)4/h5-6,8-9,14H,1,7,10-12H2,2-4H3. The van der Waals surface area contributed by atoms with Gasteiger partial charge in [0.25, 0.3) is 0 Å². The lowest BCUT2D eigenvalue weighted by atomic mass is 10.1. The van der Waals surface area contributed by atoms with E-state index < -0.39 is 5.97 Å². The highest BCUT2D eigenvalue weighted by Crippen LogP contribution is 2.15. The van der Waals surface area contributed by atoms with Crippen molar-refractivity contribution in [3.05, 3.63) is 42.0 Å². The lowest BCUT2D eigenvalue weighted by Gasteiger charge is -2.10. The average molecular weight is 320 g/mol. The van der Waals surface area contributed by atoms with Gasteiger partial charge in [-0.15, -0.1) is 0 Å². The van der Waals surface area contributed by atoms with Crippen molar-refractivity contribution in [2.24, 2.45) is 0 Å². The second-order valence-electron chi connectivity index (χ2n) is 5.45. The molecular formula is C18H24O5. The number of carbonyl (C=O) groups is 2.